The van der Waals surface area contributed by atoms with E-state index < -0.39 is 0 Å². The van der Waals surface area contributed by atoms with Crippen LogP contribution in [0.2, 0.25) is 0 Å². The minimum Gasteiger partial charge on any atom is -0.303 e. The van der Waals surface area contributed by atoms with Gasteiger partial charge >= 0.3 is 0 Å². The molecule has 0 aliphatic heterocycles. The molecule has 0 radical (unpaired) electrons. The highest BCUT2D eigenvalue weighted by molar-refractivity contribution is 5.77. The highest BCUT2D eigenvalue weighted by Crippen LogP contribution is 2.68. The zero-order valence-corrected chi connectivity index (χ0v) is 18.5. The molecule has 0 aromatic rings. The van der Waals surface area contributed by atoms with Crippen LogP contribution in [-0.2, 0) is 9.59 Å². The van der Waals surface area contributed by atoms with Crippen molar-refractivity contribution in [1.82, 2.24) is 0 Å². The lowest BCUT2D eigenvalue weighted by Gasteiger charge is -2.61. The molecule has 0 amide bonds. The number of fused-ring (bicyclic) bond motifs is 5. The van der Waals surface area contributed by atoms with E-state index >= 15 is 0 Å². The summed E-state index contributed by atoms with van der Waals surface area (Å²) in [6, 6.07) is 0. The summed E-state index contributed by atoms with van der Waals surface area (Å²) in [5.41, 5.74) is 1.13. The monoisotopic (exact) mass is 386 g/mol. The number of rotatable bonds is 6. The Balaban J connectivity index is 1.47. The number of carbonyl (C=O) groups is 2. The van der Waals surface area contributed by atoms with Gasteiger partial charge in [-0.15, -0.1) is 0 Å². The van der Waals surface area contributed by atoms with E-state index in [0.29, 0.717) is 16.7 Å². The van der Waals surface area contributed by atoms with E-state index in [0.717, 1.165) is 55.0 Å². The van der Waals surface area contributed by atoms with Gasteiger partial charge in [-0.3, -0.25) is 0 Å². The van der Waals surface area contributed by atoms with Gasteiger partial charge in [0.25, 0.3) is 0 Å². The zero-order valence-electron chi connectivity index (χ0n) is 18.5. The van der Waals surface area contributed by atoms with Crippen molar-refractivity contribution in [2.45, 2.75) is 97.8 Å². The molecule has 28 heavy (non-hydrogen) atoms. The van der Waals surface area contributed by atoms with Gasteiger partial charge in [-0.1, -0.05) is 33.6 Å². The van der Waals surface area contributed by atoms with Crippen molar-refractivity contribution in [3.63, 3.8) is 0 Å². The Bertz CT molecular complexity index is 577. The average Bonchev–Trinajstić information content (AvgIpc) is 3.05. The van der Waals surface area contributed by atoms with Crippen LogP contribution in [0, 0.1) is 52.3 Å². The maximum absolute atomic E-state index is 11.0. The van der Waals surface area contributed by atoms with Gasteiger partial charge in [0, 0.05) is 0 Å². The molecule has 0 N–H and O–H groups in total. The lowest BCUT2D eigenvalue weighted by molar-refractivity contribution is -0.120. The molecule has 4 saturated carbocycles. The minimum absolute atomic E-state index is 0.385. The maximum Gasteiger partial charge on any atom is 0.130 e. The second-order valence-corrected chi connectivity index (χ2v) is 11.6. The molecule has 7 unspecified atom stereocenters. The Labute approximate surface area is 172 Å². The van der Waals surface area contributed by atoms with Crippen LogP contribution in [0.1, 0.15) is 97.8 Å². The molecule has 4 aliphatic carbocycles. The molecule has 0 aromatic heterocycles. The van der Waals surface area contributed by atoms with E-state index in [4.69, 9.17) is 0 Å². The standard InChI is InChI=1S/C26H42O2/c1-18(7-8-19(16-27)17-28)22-11-12-23-21-10-9-20-6-4-5-14-25(20,2)24(21)13-15-26(22,23)3/h16-24H,4-15H2,1-3H3/t18-,20?,21?,22?,23?,24?,25?,26?/m1/s1. The molecular weight excluding hydrogens is 344 g/mol. The van der Waals surface area contributed by atoms with E-state index in [1.165, 1.54) is 64.2 Å². The minimum atomic E-state index is -0.385. The summed E-state index contributed by atoms with van der Waals surface area (Å²) >= 11 is 0. The predicted molar refractivity (Wildman–Crippen MR) is 114 cm³/mol. The molecule has 0 saturated heterocycles. The Kier molecular flexibility index (Phi) is 5.80. The second kappa shape index (κ2) is 7.88. The summed E-state index contributed by atoms with van der Waals surface area (Å²) in [5.74, 6) is 4.91. The Morgan fingerprint density at radius 3 is 2.32 bits per heavy atom. The van der Waals surface area contributed by atoms with Crippen molar-refractivity contribution in [1.29, 1.82) is 0 Å². The van der Waals surface area contributed by atoms with Gasteiger partial charge in [-0.2, -0.15) is 0 Å². The fraction of sp³-hybridized carbons (Fsp3) is 0.923. The quantitative estimate of drug-likeness (QED) is 0.387. The summed E-state index contributed by atoms with van der Waals surface area (Å²) in [6.07, 6.45) is 18.0. The fourth-order valence-electron chi connectivity index (χ4n) is 9.10. The summed E-state index contributed by atoms with van der Waals surface area (Å²) in [7, 11) is 0. The number of hydrogen-bond donors (Lipinski definition) is 0. The number of carbonyl (C=O) groups excluding carboxylic acids is 2. The van der Waals surface area contributed by atoms with Crippen LogP contribution >= 0.6 is 0 Å². The van der Waals surface area contributed by atoms with Gasteiger partial charge in [0.15, 0.2) is 0 Å². The van der Waals surface area contributed by atoms with Crippen molar-refractivity contribution in [3.8, 4) is 0 Å². The maximum atomic E-state index is 11.0. The van der Waals surface area contributed by atoms with Crippen LogP contribution in [0.4, 0.5) is 0 Å². The lowest BCUT2D eigenvalue weighted by atomic mass is 9.44. The van der Waals surface area contributed by atoms with Crippen LogP contribution in [0.3, 0.4) is 0 Å². The molecule has 0 aromatic carbocycles. The Morgan fingerprint density at radius 1 is 0.821 bits per heavy atom. The van der Waals surface area contributed by atoms with E-state index in [-0.39, 0.29) is 5.92 Å². The molecule has 8 atom stereocenters. The third-order valence-electron chi connectivity index (χ3n) is 10.6. The molecule has 0 bridgehead atoms. The summed E-state index contributed by atoms with van der Waals surface area (Å²) in [5, 5.41) is 0. The zero-order chi connectivity index (χ0) is 19.9. The first-order valence-corrected chi connectivity index (χ1v) is 12.3. The van der Waals surface area contributed by atoms with Crippen molar-refractivity contribution in [2.24, 2.45) is 52.3 Å². The van der Waals surface area contributed by atoms with E-state index in [1.807, 2.05) is 0 Å². The van der Waals surface area contributed by atoms with Crippen molar-refractivity contribution >= 4 is 12.6 Å². The molecular formula is C26H42O2. The first-order valence-electron chi connectivity index (χ1n) is 12.3. The normalized spacial score (nSPS) is 46.4. The van der Waals surface area contributed by atoms with Crippen LogP contribution < -0.4 is 0 Å². The summed E-state index contributed by atoms with van der Waals surface area (Å²) in [6.45, 7) is 7.69. The van der Waals surface area contributed by atoms with Gasteiger partial charge in [-0.05, 0) is 111 Å². The van der Waals surface area contributed by atoms with Gasteiger partial charge in [-0.25, -0.2) is 0 Å². The first kappa shape index (κ1) is 20.6. The number of hydrogen-bond acceptors (Lipinski definition) is 2. The van der Waals surface area contributed by atoms with Crippen molar-refractivity contribution < 1.29 is 9.59 Å². The Hall–Kier alpha value is -0.660. The van der Waals surface area contributed by atoms with Gasteiger partial charge in [0.05, 0.1) is 5.92 Å². The van der Waals surface area contributed by atoms with E-state index in [9.17, 15) is 9.59 Å². The van der Waals surface area contributed by atoms with Crippen LogP contribution in [-0.4, -0.2) is 12.6 Å². The van der Waals surface area contributed by atoms with Crippen molar-refractivity contribution in [3.05, 3.63) is 0 Å². The smallest absolute Gasteiger partial charge is 0.130 e. The lowest BCUT2D eigenvalue weighted by Crippen LogP contribution is -2.53. The van der Waals surface area contributed by atoms with Crippen LogP contribution in [0.15, 0.2) is 0 Å². The molecule has 4 rings (SSSR count). The van der Waals surface area contributed by atoms with E-state index in [1.54, 1.807) is 0 Å². The number of aldehydes is 2. The largest absolute Gasteiger partial charge is 0.303 e. The Morgan fingerprint density at radius 2 is 1.57 bits per heavy atom. The van der Waals surface area contributed by atoms with Crippen LogP contribution in [0.25, 0.3) is 0 Å². The molecule has 2 heteroatoms. The molecule has 0 heterocycles. The molecule has 158 valence electrons. The topological polar surface area (TPSA) is 34.1 Å². The van der Waals surface area contributed by atoms with Crippen molar-refractivity contribution in [2.75, 3.05) is 0 Å². The highest BCUT2D eigenvalue weighted by atomic mass is 16.1. The fourth-order valence-corrected chi connectivity index (χ4v) is 9.10. The van der Waals surface area contributed by atoms with Gasteiger partial charge < -0.3 is 9.59 Å². The SMILES string of the molecule is C[C@H](CCC(C=O)C=O)C1CCC2C3CCC4CCCCC4(C)C3CCC21C. The molecule has 4 aliphatic rings. The summed E-state index contributed by atoms with van der Waals surface area (Å²) < 4.78 is 0. The highest BCUT2D eigenvalue weighted by Gasteiger charge is 2.60. The second-order valence-electron chi connectivity index (χ2n) is 11.6. The third-order valence-corrected chi connectivity index (χ3v) is 10.6. The molecule has 2 nitrogen and oxygen atoms in total. The van der Waals surface area contributed by atoms with Gasteiger partial charge in [0.1, 0.15) is 12.6 Å². The third kappa shape index (κ3) is 3.21. The molecule has 0 spiro atoms. The predicted octanol–water partition coefficient (Wildman–Crippen LogP) is 6.47. The van der Waals surface area contributed by atoms with E-state index in [2.05, 4.69) is 20.8 Å². The van der Waals surface area contributed by atoms with Gasteiger partial charge in [0.2, 0.25) is 0 Å². The van der Waals surface area contributed by atoms with Crippen LogP contribution in [0.5, 0.6) is 0 Å². The average molecular weight is 387 g/mol. The first-order chi connectivity index (χ1) is 13.4. The molecule has 4 fully saturated rings. The summed E-state index contributed by atoms with van der Waals surface area (Å²) in [4.78, 5) is 22.1.